The highest BCUT2D eigenvalue weighted by molar-refractivity contribution is 5.91. The Labute approximate surface area is 146 Å². The van der Waals surface area contributed by atoms with Gasteiger partial charge in [-0.3, -0.25) is 24.4 Å². The summed E-state index contributed by atoms with van der Waals surface area (Å²) in [6.07, 6.45) is 0. The normalized spacial score (nSPS) is 10.8. The van der Waals surface area contributed by atoms with Crippen molar-refractivity contribution in [2.24, 2.45) is 0 Å². The third kappa shape index (κ3) is 3.14. The van der Waals surface area contributed by atoms with Gasteiger partial charge in [0.25, 0.3) is 11.2 Å². The Morgan fingerprint density at radius 3 is 2.81 bits per heavy atom. The van der Waals surface area contributed by atoms with E-state index in [0.717, 1.165) is 4.68 Å². The van der Waals surface area contributed by atoms with Gasteiger partial charge in [-0.1, -0.05) is 11.3 Å². The molecular weight excluding hydrogens is 342 g/mol. The van der Waals surface area contributed by atoms with Crippen LogP contribution >= 0.6 is 0 Å². The van der Waals surface area contributed by atoms with Crippen LogP contribution < -0.4 is 10.9 Å². The summed E-state index contributed by atoms with van der Waals surface area (Å²) in [5.41, 5.74) is 0.880. The number of hydrogen-bond donors (Lipinski definition) is 1. The third-order valence-electron chi connectivity index (χ3n) is 3.72. The quantitative estimate of drug-likeness (QED) is 0.528. The fraction of sp³-hybridized carbons (Fsp3) is 0.267. The predicted molar refractivity (Wildman–Crippen MR) is 91.7 cm³/mol. The molecule has 1 amide bonds. The largest absolute Gasteiger partial charge is 0.324 e. The first-order chi connectivity index (χ1) is 12.4. The molecule has 0 unspecified atom stereocenters. The molecule has 3 aromatic rings. The molecule has 1 aromatic carbocycles. The number of nitrogens with one attached hydrogen (secondary N) is 1. The monoisotopic (exact) mass is 357 g/mol. The van der Waals surface area contributed by atoms with Crippen molar-refractivity contribution in [1.29, 1.82) is 0 Å². The topological polar surface area (TPSA) is 138 Å². The standard InChI is InChI=1S/C15H15N7O4/c1-3-20-14-13(9(2)18-20)17-19-21(15(14)24)8-12(23)16-10-5-4-6-11(7-10)22(25)26/h4-7H,3,8H2,1-2H3,(H,16,23). The molecule has 0 aliphatic carbocycles. The Bertz CT molecular complexity index is 1070. The maximum absolute atomic E-state index is 12.6. The Morgan fingerprint density at radius 1 is 1.35 bits per heavy atom. The maximum Gasteiger partial charge on any atom is 0.296 e. The summed E-state index contributed by atoms with van der Waals surface area (Å²) in [5, 5.41) is 25.2. The van der Waals surface area contributed by atoms with Crippen molar-refractivity contribution in [3.05, 3.63) is 50.4 Å². The van der Waals surface area contributed by atoms with Crippen molar-refractivity contribution < 1.29 is 9.72 Å². The van der Waals surface area contributed by atoms with Gasteiger partial charge in [0.1, 0.15) is 12.1 Å². The van der Waals surface area contributed by atoms with E-state index >= 15 is 0 Å². The van der Waals surface area contributed by atoms with E-state index in [4.69, 9.17) is 0 Å². The molecule has 11 heteroatoms. The first-order valence-corrected chi connectivity index (χ1v) is 7.76. The Hall–Kier alpha value is -3.63. The third-order valence-corrected chi connectivity index (χ3v) is 3.72. The molecule has 11 nitrogen and oxygen atoms in total. The molecule has 0 spiro atoms. The highest BCUT2D eigenvalue weighted by atomic mass is 16.6. The van der Waals surface area contributed by atoms with Crippen LogP contribution in [0.3, 0.4) is 0 Å². The minimum absolute atomic E-state index is 0.150. The second-order valence-electron chi connectivity index (χ2n) is 5.51. The van der Waals surface area contributed by atoms with Crippen LogP contribution in [0.5, 0.6) is 0 Å². The lowest BCUT2D eigenvalue weighted by Crippen LogP contribution is -2.31. The molecule has 1 N–H and O–H groups in total. The number of amides is 1. The van der Waals surface area contributed by atoms with E-state index in [-0.39, 0.29) is 23.4 Å². The predicted octanol–water partition coefficient (Wildman–Crippen LogP) is 0.863. The molecule has 0 aliphatic heterocycles. The van der Waals surface area contributed by atoms with Crippen LogP contribution in [0.25, 0.3) is 11.0 Å². The molecule has 2 heterocycles. The molecule has 0 saturated heterocycles. The van der Waals surface area contributed by atoms with E-state index < -0.39 is 16.4 Å². The molecule has 26 heavy (non-hydrogen) atoms. The van der Waals surface area contributed by atoms with E-state index in [1.54, 1.807) is 6.92 Å². The number of carbonyl (C=O) groups is 1. The van der Waals surface area contributed by atoms with E-state index in [1.165, 1.54) is 28.9 Å². The number of carbonyl (C=O) groups excluding carboxylic acids is 1. The summed E-state index contributed by atoms with van der Waals surface area (Å²) in [6.45, 7) is 3.66. The molecule has 0 radical (unpaired) electrons. The Kier molecular flexibility index (Phi) is 4.43. The minimum Gasteiger partial charge on any atom is -0.324 e. The van der Waals surface area contributed by atoms with Gasteiger partial charge in [-0.2, -0.15) is 9.78 Å². The molecule has 0 bridgehead atoms. The number of rotatable bonds is 5. The van der Waals surface area contributed by atoms with Gasteiger partial charge in [0.15, 0.2) is 5.52 Å². The summed E-state index contributed by atoms with van der Waals surface area (Å²) in [4.78, 5) is 35.0. The average molecular weight is 357 g/mol. The highest BCUT2D eigenvalue weighted by Gasteiger charge is 2.16. The molecule has 0 aliphatic rings. The van der Waals surface area contributed by atoms with Crippen LogP contribution in [0.15, 0.2) is 29.1 Å². The Balaban J connectivity index is 1.86. The molecule has 3 rings (SSSR count). The molecule has 2 aromatic heterocycles. The Morgan fingerprint density at radius 2 is 2.12 bits per heavy atom. The maximum atomic E-state index is 12.6. The first kappa shape index (κ1) is 17.2. The van der Waals surface area contributed by atoms with Crippen molar-refractivity contribution in [3.8, 4) is 0 Å². The zero-order valence-electron chi connectivity index (χ0n) is 14.0. The fourth-order valence-electron chi connectivity index (χ4n) is 2.53. The van der Waals surface area contributed by atoms with Crippen LogP contribution in [0.2, 0.25) is 0 Å². The number of aromatic nitrogens is 5. The number of aryl methyl sites for hydroxylation is 2. The number of nitrogens with zero attached hydrogens (tertiary/aromatic N) is 6. The van der Waals surface area contributed by atoms with Gasteiger partial charge in [-0.25, -0.2) is 0 Å². The van der Waals surface area contributed by atoms with Gasteiger partial charge in [0.2, 0.25) is 5.91 Å². The zero-order chi connectivity index (χ0) is 18.8. The summed E-state index contributed by atoms with van der Waals surface area (Å²) < 4.78 is 2.44. The number of benzene rings is 1. The van der Waals surface area contributed by atoms with E-state index in [0.29, 0.717) is 17.8 Å². The van der Waals surface area contributed by atoms with E-state index in [9.17, 15) is 19.7 Å². The van der Waals surface area contributed by atoms with Crippen molar-refractivity contribution in [2.45, 2.75) is 26.9 Å². The van der Waals surface area contributed by atoms with Crippen molar-refractivity contribution in [3.63, 3.8) is 0 Å². The molecular formula is C15H15N7O4. The van der Waals surface area contributed by atoms with Crippen LogP contribution in [0.4, 0.5) is 11.4 Å². The smallest absolute Gasteiger partial charge is 0.296 e. The van der Waals surface area contributed by atoms with Gasteiger partial charge in [0, 0.05) is 24.4 Å². The first-order valence-electron chi connectivity index (χ1n) is 7.76. The number of fused-ring (bicyclic) bond motifs is 1. The minimum atomic E-state index is -0.562. The SMILES string of the molecule is CCn1nc(C)c2nnn(CC(=O)Nc3cccc([N+](=O)[O-])c3)c(=O)c21. The number of nitro groups is 1. The van der Waals surface area contributed by atoms with Gasteiger partial charge in [-0.05, 0) is 19.9 Å². The lowest BCUT2D eigenvalue weighted by molar-refractivity contribution is -0.384. The lowest BCUT2D eigenvalue weighted by atomic mass is 10.3. The van der Waals surface area contributed by atoms with E-state index in [2.05, 4.69) is 20.7 Å². The highest BCUT2D eigenvalue weighted by Crippen LogP contribution is 2.17. The fourth-order valence-corrected chi connectivity index (χ4v) is 2.53. The van der Waals surface area contributed by atoms with Gasteiger partial charge >= 0.3 is 0 Å². The lowest BCUT2D eigenvalue weighted by Gasteiger charge is -2.06. The van der Waals surface area contributed by atoms with Crippen molar-refractivity contribution >= 4 is 28.3 Å². The molecule has 0 atom stereocenters. The number of nitro benzene ring substituents is 1. The summed E-state index contributed by atoms with van der Waals surface area (Å²) in [6, 6.07) is 5.51. The van der Waals surface area contributed by atoms with Gasteiger partial charge in [-0.15, -0.1) is 5.10 Å². The van der Waals surface area contributed by atoms with E-state index in [1.807, 2.05) is 6.92 Å². The number of hydrogen-bond acceptors (Lipinski definition) is 7. The van der Waals surface area contributed by atoms with Gasteiger partial charge in [0.05, 0.1) is 10.6 Å². The zero-order valence-corrected chi connectivity index (χ0v) is 14.0. The van der Waals surface area contributed by atoms with Crippen LogP contribution in [0, 0.1) is 17.0 Å². The summed E-state index contributed by atoms with van der Waals surface area (Å²) >= 11 is 0. The number of anilines is 1. The van der Waals surface area contributed by atoms with Crippen LogP contribution in [-0.2, 0) is 17.9 Å². The van der Waals surface area contributed by atoms with Gasteiger partial charge < -0.3 is 5.32 Å². The number of non-ortho nitro benzene ring substituents is 1. The second-order valence-corrected chi connectivity index (χ2v) is 5.51. The second kappa shape index (κ2) is 6.70. The molecule has 134 valence electrons. The summed E-state index contributed by atoms with van der Waals surface area (Å²) in [7, 11) is 0. The molecule has 0 saturated carbocycles. The molecule has 0 fully saturated rings. The van der Waals surface area contributed by atoms with Crippen molar-refractivity contribution in [1.82, 2.24) is 24.8 Å². The van der Waals surface area contributed by atoms with Crippen LogP contribution in [-0.4, -0.2) is 35.6 Å². The average Bonchev–Trinajstić information content (AvgIpc) is 2.94. The van der Waals surface area contributed by atoms with Crippen LogP contribution in [0.1, 0.15) is 12.6 Å². The summed E-state index contributed by atoms with van der Waals surface area (Å²) in [5.74, 6) is -0.555. The van der Waals surface area contributed by atoms with Crippen molar-refractivity contribution in [2.75, 3.05) is 5.32 Å².